The second kappa shape index (κ2) is 4.09. The Morgan fingerprint density at radius 2 is 2.00 bits per heavy atom. The van der Waals surface area contributed by atoms with Crippen molar-refractivity contribution in [1.82, 2.24) is 0 Å². The molecule has 0 saturated carbocycles. The highest BCUT2D eigenvalue weighted by Crippen LogP contribution is 2.34. The van der Waals surface area contributed by atoms with Crippen molar-refractivity contribution in [2.75, 3.05) is 7.11 Å². The zero-order valence-electron chi connectivity index (χ0n) is 7.36. The Kier molecular flexibility index (Phi) is 3.26. The van der Waals surface area contributed by atoms with Gasteiger partial charge in [-0.05, 0) is 17.7 Å². The van der Waals surface area contributed by atoms with E-state index in [-0.39, 0.29) is 17.2 Å². The molecule has 0 aliphatic carbocycles. The lowest BCUT2D eigenvalue weighted by molar-refractivity contribution is -0.138. The monoisotopic (exact) mass is 224 g/mol. The molecule has 0 unspecified atom stereocenters. The highest BCUT2D eigenvalue weighted by Gasteiger charge is 2.33. The second-order valence-corrected chi connectivity index (χ2v) is 2.92. The normalized spacial score (nSPS) is 11.5. The van der Waals surface area contributed by atoms with Crippen molar-refractivity contribution in [2.45, 2.75) is 12.1 Å². The molecule has 0 atom stereocenters. The van der Waals surface area contributed by atoms with Crippen molar-refractivity contribution in [1.29, 1.82) is 0 Å². The topological polar surface area (TPSA) is 9.23 Å². The Bertz CT molecular complexity index is 322. The fourth-order valence-electron chi connectivity index (χ4n) is 1.06. The highest BCUT2D eigenvalue weighted by atomic mass is 35.5. The number of ether oxygens (including phenoxy) is 1. The van der Waals surface area contributed by atoms with Gasteiger partial charge in [-0.3, -0.25) is 0 Å². The van der Waals surface area contributed by atoms with Gasteiger partial charge in [0.15, 0.2) is 0 Å². The van der Waals surface area contributed by atoms with E-state index in [0.29, 0.717) is 0 Å². The van der Waals surface area contributed by atoms with Gasteiger partial charge < -0.3 is 4.74 Å². The molecule has 0 fully saturated rings. The van der Waals surface area contributed by atoms with E-state index in [4.69, 9.17) is 16.3 Å². The Balaban J connectivity index is 3.22. The van der Waals surface area contributed by atoms with Crippen molar-refractivity contribution < 1.29 is 17.9 Å². The average Bonchev–Trinajstić information content (AvgIpc) is 2.15. The first-order valence-corrected chi connectivity index (χ1v) is 4.32. The third-order valence-electron chi connectivity index (χ3n) is 1.77. The summed E-state index contributed by atoms with van der Waals surface area (Å²) in [7, 11) is 1.32. The molecule has 0 N–H and O–H groups in total. The van der Waals surface area contributed by atoms with Gasteiger partial charge in [-0.2, -0.15) is 13.2 Å². The van der Waals surface area contributed by atoms with Crippen LogP contribution < -0.4 is 4.74 Å². The minimum absolute atomic E-state index is 0.0555. The first-order chi connectivity index (χ1) is 6.49. The van der Waals surface area contributed by atoms with Crippen molar-refractivity contribution in [3.8, 4) is 5.75 Å². The summed E-state index contributed by atoms with van der Waals surface area (Å²) in [5, 5.41) is 0. The molecule has 0 saturated heterocycles. The molecule has 1 aromatic rings. The number of halogens is 4. The van der Waals surface area contributed by atoms with Gasteiger partial charge in [0.05, 0.1) is 12.7 Å². The summed E-state index contributed by atoms with van der Waals surface area (Å²) >= 11 is 5.39. The van der Waals surface area contributed by atoms with Gasteiger partial charge in [0.2, 0.25) is 0 Å². The van der Waals surface area contributed by atoms with Gasteiger partial charge >= 0.3 is 6.18 Å². The standard InChI is InChI=1S/C9H8ClF3O/c1-14-7-3-2-6(5-10)8(4-7)9(11,12)13/h2-4H,5H2,1H3. The fraction of sp³-hybridized carbons (Fsp3) is 0.333. The highest BCUT2D eigenvalue weighted by molar-refractivity contribution is 6.17. The summed E-state index contributed by atoms with van der Waals surface area (Å²) in [6, 6.07) is 3.71. The smallest absolute Gasteiger partial charge is 0.416 e. The van der Waals surface area contributed by atoms with E-state index >= 15 is 0 Å². The summed E-state index contributed by atoms with van der Waals surface area (Å²) in [5.41, 5.74) is -0.688. The number of alkyl halides is 4. The minimum Gasteiger partial charge on any atom is -0.497 e. The van der Waals surface area contributed by atoms with E-state index in [1.165, 1.54) is 19.2 Å². The van der Waals surface area contributed by atoms with Crippen molar-refractivity contribution >= 4 is 11.6 Å². The van der Waals surface area contributed by atoms with Crippen LogP contribution in [0.25, 0.3) is 0 Å². The third kappa shape index (κ3) is 2.32. The Hall–Kier alpha value is -0.900. The van der Waals surface area contributed by atoms with Crippen LogP contribution in [0.15, 0.2) is 18.2 Å². The Labute approximate surface area is 84.4 Å². The van der Waals surface area contributed by atoms with Crippen LogP contribution in [0.3, 0.4) is 0 Å². The molecule has 1 nitrogen and oxygen atoms in total. The molecular weight excluding hydrogens is 217 g/mol. The molecule has 0 aliphatic rings. The maximum Gasteiger partial charge on any atom is 0.416 e. The third-order valence-corrected chi connectivity index (χ3v) is 2.05. The minimum atomic E-state index is -4.39. The quantitative estimate of drug-likeness (QED) is 0.699. The summed E-state index contributed by atoms with van der Waals surface area (Å²) in [6.07, 6.45) is -4.39. The van der Waals surface area contributed by atoms with Gasteiger partial charge in [0.1, 0.15) is 5.75 Å². The Morgan fingerprint density at radius 1 is 1.36 bits per heavy atom. The van der Waals surface area contributed by atoms with Crippen molar-refractivity contribution in [2.24, 2.45) is 0 Å². The summed E-state index contributed by atoms with van der Waals surface area (Å²) in [5.74, 6) is 0.00458. The van der Waals surface area contributed by atoms with E-state index in [0.717, 1.165) is 6.07 Å². The molecule has 78 valence electrons. The lowest BCUT2D eigenvalue weighted by Crippen LogP contribution is -2.08. The summed E-state index contributed by atoms with van der Waals surface area (Å²) in [6.45, 7) is 0. The van der Waals surface area contributed by atoms with Gasteiger partial charge in [0.25, 0.3) is 0 Å². The molecule has 14 heavy (non-hydrogen) atoms. The van der Waals surface area contributed by atoms with Crippen LogP contribution in [0.2, 0.25) is 0 Å². The molecule has 0 bridgehead atoms. The van der Waals surface area contributed by atoms with E-state index in [9.17, 15) is 13.2 Å². The van der Waals surface area contributed by atoms with Gasteiger partial charge in [-0.1, -0.05) is 6.07 Å². The summed E-state index contributed by atoms with van der Waals surface area (Å²) in [4.78, 5) is 0. The van der Waals surface area contributed by atoms with Crippen LogP contribution in [0.1, 0.15) is 11.1 Å². The number of hydrogen-bond acceptors (Lipinski definition) is 1. The lowest BCUT2D eigenvalue weighted by atomic mass is 10.1. The fourth-order valence-corrected chi connectivity index (χ4v) is 1.30. The maximum absolute atomic E-state index is 12.4. The van der Waals surface area contributed by atoms with Gasteiger partial charge in [-0.15, -0.1) is 11.6 Å². The van der Waals surface area contributed by atoms with Crippen LogP contribution in [-0.4, -0.2) is 7.11 Å². The van der Waals surface area contributed by atoms with Gasteiger partial charge in [0, 0.05) is 5.88 Å². The number of rotatable bonds is 2. The number of hydrogen-bond donors (Lipinski definition) is 0. The molecule has 0 spiro atoms. The second-order valence-electron chi connectivity index (χ2n) is 2.65. The predicted octanol–water partition coefficient (Wildman–Crippen LogP) is 3.45. The predicted molar refractivity (Wildman–Crippen MR) is 47.6 cm³/mol. The molecule has 0 heterocycles. The SMILES string of the molecule is COc1ccc(CCl)c(C(F)(F)F)c1. The molecule has 0 radical (unpaired) electrons. The lowest BCUT2D eigenvalue weighted by Gasteiger charge is -2.12. The van der Waals surface area contributed by atoms with Crippen LogP contribution in [0.4, 0.5) is 13.2 Å². The average molecular weight is 225 g/mol. The largest absolute Gasteiger partial charge is 0.497 e. The maximum atomic E-state index is 12.4. The molecule has 1 aromatic carbocycles. The van der Waals surface area contributed by atoms with E-state index in [1.54, 1.807) is 0 Å². The Morgan fingerprint density at radius 3 is 2.43 bits per heavy atom. The zero-order valence-corrected chi connectivity index (χ0v) is 8.12. The van der Waals surface area contributed by atoms with E-state index < -0.39 is 11.7 Å². The van der Waals surface area contributed by atoms with Crippen molar-refractivity contribution in [3.05, 3.63) is 29.3 Å². The van der Waals surface area contributed by atoms with Crippen LogP contribution in [0, 0.1) is 0 Å². The van der Waals surface area contributed by atoms with E-state index in [1.807, 2.05) is 0 Å². The molecule has 1 rings (SSSR count). The van der Waals surface area contributed by atoms with Gasteiger partial charge in [-0.25, -0.2) is 0 Å². The molecular formula is C9H8ClF3O. The van der Waals surface area contributed by atoms with Crippen molar-refractivity contribution in [3.63, 3.8) is 0 Å². The molecule has 0 amide bonds. The first kappa shape index (κ1) is 11.2. The van der Waals surface area contributed by atoms with Crippen LogP contribution in [0.5, 0.6) is 5.75 Å². The van der Waals surface area contributed by atoms with Crippen LogP contribution >= 0.6 is 11.6 Å². The molecule has 5 heteroatoms. The van der Waals surface area contributed by atoms with Crippen LogP contribution in [-0.2, 0) is 12.1 Å². The number of methoxy groups -OCH3 is 1. The summed E-state index contributed by atoms with van der Waals surface area (Å²) < 4.78 is 42.0. The molecule has 0 aliphatic heterocycles. The first-order valence-electron chi connectivity index (χ1n) is 3.79. The number of benzene rings is 1. The van der Waals surface area contributed by atoms with E-state index in [2.05, 4.69) is 0 Å². The molecule has 0 aromatic heterocycles. The zero-order chi connectivity index (χ0) is 10.8.